The van der Waals surface area contributed by atoms with Crippen molar-refractivity contribution in [2.75, 3.05) is 20.7 Å². The van der Waals surface area contributed by atoms with Gasteiger partial charge in [0.15, 0.2) is 0 Å². The normalized spacial score (nSPS) is 14.3. The minimum Gasteiger partial charge on any atom is -0.469 e. The molecular weight excluding hydrogens is 238 g/mol. The number of rotatable bonds is 5. The smallest absolute Gasteiger partial charge is 0.306 e. The van der Waals surface area contributed by atoms with Gasteiger partial charge in [-0.3, -0.25) is 4.79 Å². The molecular formula is C16H23NO2. The molecule has 0 aromatic heterocycles. The highest BCUT2D eigenvalue weighted by atomic mass is 16.5. The second-order valence-electron chi connectivity index (χ2n) is 5.37. The van der Waals surface area contributed by atoms with Crippen LogP contribution in [0, 0.1) is 0 Å². The van der Waals surface area contributed by atoms with Gasteiger partial charge in [-0.25, -0.2) is 0 Å². The maximum Gasteiger partial charge on any atom is 0.306 e. The number of nitrogens with zero attached hydrogens (tertiary/aromatic N) is 1. The molecule has 19 heavy (non-hydrogen) atoms. The summed E-state index contributed by atoms with van der Waals surface area (Å²) < 4.78 is 4.66. The Morgan fingerprint density at radius 1 is 1.26 bits per heavy atom. The number of benzene rings is 1. The molecule has 0 bridgehead atoms. The van der Waals surface area contributed by atoms with Gasteiger partial charge in [-0.05, 0) is 49.4 Å². The Hall–Kier alpha value is -1.35. The molecule has 1 aliphatic rings. The number of carbonyl (C=O) groups excluding carboxylic acids is 1. The van der Waals surface area contributed by atoms with Crippen molar-refractivity contribution in [1.82, 2.24) is 4.90 Å². The highest BCUT2D eigenvalue weighted by Gasteiger charge is 2.10. The predicted molar refractivity (Wildman–Crippen MR) is 76.1 cm³/mol. The molecule has 0 fully saturated rings. The van der Waals surface area contributed by atoms with E-state index in [2.05, 4.69) is 27.8 Å². The highest BCUT2D eigenvalue weighted by Crippen LogP contribution is 2.22. The van der Waals surface area contributed by atoms with Crippen molar-refractivity contribution in [2.45, 2.75) is 38.6 Å². The van der Waals surface area contributed by atoms with Gasteiger partial charge in [0.25, 0.3) is 0 Å². The van der Waals surface area contributed by atoms with Gasteiger partial charge >= 0.3 is 5.97 Å². The molecule has 0 heterocycles. The van der Waals surface area contributed by atoms with E-state index in [9.17, 15) is 4.79 Å². The van der Waals surface area contributed by atoms with E-state index in [1.165, 1.54) is 49.5 Å². The number of hydrogen-bond donors (Lipinski definition) is 0. The van der Waals surface area contributed by atoms with E-state index in [0.717, 1.165) is 13.1 Å². The second kappa shape index (κ2) is 6.71. The predicted octanol–water partition coefficient (Wildman–Crippen LogP) is 2.56. The topological polar surface area (TPSA) is 29.5 Å². The monoisotopic (exact) mass is 261 g/mol. The Morgan fingerprint density at radius 3 is 2.74 bits per heavy atom. The molecule has 1 aromatic carbocycles. The lowest BCUT2D eigenvalue weighted by atomic mass is 9.90. The molecule has 0 amide bonds. The van der Waals surface area contributed by atoms with Crippen LogP contribution in [0.3, 0.4) is 0 Å². The zero-order valence-electron chi connectivity index (χ0n) is 11.9. The van der Waals surface area contributed by atoms with Crippen LogP contribution in [0.25, 0.3) is 0 Å². The van der Waals surface area contributed by atoms with E-state index in [-0.39, 0.29) is 5.97 Å². The number of fused-ring (bicyclic) bond motifs is 1. The van der Waals surface area contributed by atoms with Crippen LogP contribution in [-0.2, 0) is 28.9 Å². The first-order valence-electron chi connectivity index (χ1n) is 7.05. The van der Waals surface area contributed by atoms with E-state index in [1.54, 1.807) is 0 Å². The molecule has 0 unspecified atom stereocenters. The van der Waals surface area contributed by atoms with Gasteiger partial charge in [-0.2, -0.15) is 0 Å². The van der Waals surface area contributed by atoms with E-state index >= 15 is 0 Å². The van der Waals surface area contributed by atoms with Crippen LogP contribution in [0.2, 0.25) is 0 Å². The summed E-state index contributed by atoms with van der Waals surface area (Å²) in [6, 6.07) is 6.83. The van der Waals surface area contributed by atoms with Crippen LogP contribution in [0.5, 0.6) is 0 Å². The molecule has 0 spiro atoms. The highest BCUT2D eigenvalue weighted by molar-refractivity contribution is 5.69. The van der Waals surface area contributed by atoms with E-state index in [1.807, 2.05) is 7.05 Å². The lowest BCUT2D eigenvalue weighted by molar-refractivity contribution is -0.140. The van der Waals surface area contributed by atoms with Gasteiger partial charge in [-0.1, -0.05) is 18.2 Å². The summed E-state index contributed by atoms with van der Waals surface area (Å²) in [6.07, 6.45) is 5.54. The van der Waals surface area contributed by atoms with Crippen LogP contribution >= 0.6 is 0 Å². The molecule has 3 heteroatoms. The lowest BCUT2D eigenvalue weighted by Gasteiger charge is -2.19. The fraction of sp³-hybridized carbons (Fsp3) is 0.562. The van der Waals surface area contributed by atoms with Gasteiger partial charge in [0, 0.05) is 13.1 Å². The number of carbonyl (C=O) groups is 1. The first-order chi connectivity index (χ1) is 9.19. The average Bonchev–Trinajstić information content (AvgIpc) is 2.44. The zero-order valence-corrected chi connectivity index (χ0v) is 11.9. The third-order valence-electron chi connectivity index (χ3n) is 3.79. The second-order valence-corrected chi connectivity index (χ2v) is 5.37. The van der Waals surface area contributed by atoms with Crippen molar-refractivity contribution in [1.29, 1.82) is 0 Å². The Balaban J connectivity index is 1.90. The molecule has 1 aromatic rings. The number of methoxy groups -OCH3 is 1. The van der Waals surface area contributed by atoms with Crippen LogP contribution in [0.15, 0.2) is 18.2 Å². The average molecular weight is 261 g/mol. The summed E-state index contributed by atoms with van der Waals surface area (Å²) in [6.45, 7) is 1.63. The quantitative estimate of drug-likeness (QED) is 0.763. The minimum absolute atomic E-state index is 0.141. The first-order valence-corrected chi connectivity index (χ1v) is 7.05. The number of hydrogen-bond acceptors (Lipinski definition) is 3. The van der Waals surface area contributed by atoms with E-state index in [4.69, 9.17) is 0 Å². The van der Waals surface area contributed by atoms with Crippen molar-refractivity contribution >= 4 is 5.97 Å². The molecule has 0 atom stereocenters. The molecule has 3 nitrogen and oxygen atoms in total. The maximum atomic E-state index is 11.1. The van der Waals surface area contributed by atoms with Crippen molar-refractivity contribution in [3.63, 3.8) is 0 Å². The molecule has 2 rings (SSSR count). The summed E-state index contributed by atoms with van der Waals surface area (Å²) in [5.74, 6) is -0.141. The van der Waals surface area contributed by atoms with Crippen molar-refractivity contribution in [3.05, 3.63) is 34.9 Å². The number of aryl methyl sites for hydroxylation is 2. The van der Waals surface area contributed by atoms with Crippen LogP contribution in [-0.4, -0.2) is 31.6 Å². The summed E-state index contributed by atoms with van der Waals surface area (Å²) in [4.78, 5) is 13.3. The Morgan fingerprint density at radius 2 is 2.00 bits per heavy atom. The third-order valence-corrected chi connectivity index (χ3v) is 3.79. The van der Waals surface area contributed by atoms with E-state index < -0.39 is 0 Å². The first kappa shape index (κ1) is 14.1. The number of ether oxygens (including phenoxy) is 1. The van der Waals surface area contributed by atoms with Crippen LogP contribution in [0.1, 0.15) is 36.0 Å². The fourth-order valence-electron chi connectivity index (χ4n) is 2.66. The minimum atomic E-state index is -0.141. The van der Waals surface area contributed by atoms with Gasteiger partial charge in [0.05, 0.1) is 13.5 Å². The molecule has 0 aliphatic heterocycles. The van der Waals surface area contributed by atoms with Gasteiger partial charge in [-0.15, -0.1) is 0 Å². The van der Waals surface area contributed by atoms with Crippen molar-refractivity contribution < 1.29 is 9.53 Å². The fourth-order valence-corrected chi connectivity index (χ4v) is 2.66. The summed E-state index contributed by atoms with van der Waals surface area (Å²) >= 11 is 0. The van der Waals surface area contributed by atoms with Gasteiger partial charge in [0.1, 0.15) is 0 Å². The van der Waals surface area contributed by atoms with Crippen LogP contribution in [0.4, 0.5) is 0 Å². The van der Waals surface area contributed by atoms with Crippen molar-refractivity contribution in [3.8, 4) is 0 Å². The van der Waals surface area contributed by atoms with E-state index in [0.29, 0.717) is 6.42 Å². The Kier molecular flexibility index (Phi) is 4.97. The van der Waals surface area contributed by atoms with Gasteiger partial charge < -0.3 is 9.64 Å². The SMILES string of the molecule is COC(=O)CCN(C)Cc1ccc2c(c1)CCCC2. The molecule has 104 valence electrons. The third kappa shape index (κ3) is 4.06. The maximum absolute atomic E-state index is 11.1. The molecule has 0 N–H and O–H groups in total. The number of esters is 1. The summed E-state index contributed by atoms with van der Waals surface area (Å²) in [7, 11) is 3.48. The zero-order chi connectivity index (χ0) is 13.7. The largest absolute Gasteiger partial charge is 0.469 e. The Labute approximate surface area is 115 Å². The summed E-state index contributed by atoms with van der Waals surface area (Å²) in [5.41, 5.74) is 4.38. The Bertz CT molecular complexity index is 442. The summed E-state index contributed by atoms with van der Waals surface area (Å²) in [5, 5.41) is 0. The molecule has 0 saturated carbocycles. The molecule has 0 saturated heterocycles. The van der Waals surface area contributed by atoms with Crippen molar-refractivity contribution in [2.24, 2.45) is 0 Å². The lowest BCUT2D eigenvalue weighted by Crippen LogP contribution is -2.22. The molecule has 0 radical (unpaired) electrons. The standard InChI is InChI=1S/C16H23NO2/c1-17(10-9-16(18)19-2)12-13-7-8-14-5-3-4-6-15(14)11-13/h7-8,11H,3-6,9-10,12H2,1-2H3. The molecule has 1 aliphatic carbocycles. The van der Waals surface area contributed by atoms with Crippen LogP contribution < -0.4 is 0 Å². The van der Waals surface area contributed by atoms with Gasteiger partial charge in [0.2, 0.25) is 0 Å².